The van der Waals surface area contributed by atoms with Crippen LogP contribution < -0.4 is 14.8 Å². The summed E-state index contributed by atoms with van der Waals surface area (Å²) in [6.07, 6.45) is 1.47. The Morgan fingerprint density at radius 3 is 2.50 bits per heavy atom. The van der Waals surface area contributed by atoms with Gasteiger partial charge in [0.15, 0.2) is 11.5 Å². The molecule has 0 atom stereocenters. The lowest BCUT2D eigenvalue weighted by molar-refractivity contribution is -0.112. The highest BCUT2D eigenvalue weighted by Gasteiger charge is 2.15. The predicted octanol–water partition coefficient (Wildman–Crippen LogP) is 5.47. The highest BCUT2D eigenvalue weighted by Crippen LogP contribution is 2.34. The number of nitrogens with zero attached hydrogens (tertiary/aromatic N) is 1. The van der Waals surface area contributed by atoms with E-state index < -0.39 is 5.91 Å². The molecule has 3 rings (SSSR count). The van der Waals surface area contributed by atoms with Crippen LogP contribution in [0.1, 0.15) is 11.1 Å². The van der Waals surface area contributed by atoms with Crippen LogP contribution in [-0.4, -0.2) is 13.0 Å². The Bertz CT molecular complexity index is 1100. The lowest BCUT2D eigenvalue weighted by Crippen LogP contribution is -2.13. The number of halogens is 1. The molecule has 0 aliphatic heterocycles. The fraction of sp³-hybridized carbons (Fsp3) is 0.0833. The van der Waals surface area contributed by atoms with Gasteiger partial charge in [-0.15, -0.1) is 0 Å². The summed E-state index contributed by atoms with van der Waals surface area (Å²) in [5.74, 6) is 0.389. The van der Waals surface area contributed by atoms with Gasteiger partial charge in [0.25, 0.3) is 5.91 Å². The fourth-order valence-electron chi connectivity index (χ4n) is 2.75. The van der Waals surface area contributed by atoms with Crippen LogP contribution in [0.25, 0.3) is 6.08 Å². The van der Waals surface area contributed by atoms with Crippen LogP contribution in [0.5, 0.6) is 11.5 Å². The Kier molecular flexibility index (Phi) is 7.09. The molecule has 0 unspecified atom stereocenters. The van der Waals surface area contributed by atoms with Gasteiger partial charge in [-0.2, -0.15) is 5.26 Å². The SMILES string of the molecule is COc1cccc(/C=C(\C#N)C(=O)Nc2ccccc2)c1OCc1ccccc1Cl. The van der Waals surface area contributed by atoms with Crippen LogP contribution in [0.3, 0.4) is 0 Å². The third-order valence-corrected chi connectivity index (χ3v) is 4.62. The first kappa shape index (κ1) is 21.0. The van der Waals surface area contributed by atoms with Gasteiger partial charge in [0, 0.05) is 21.8 Å². The van der Waals surface area contributed by atoms with Gasteiger partial charge in [0.1, 0.15) is 18.2 Å². The van der Waals surface area contributed by atoms with Crippen LogP contribution >= 0.6 is 11.6 Å². The van der Waals surface area contributed by atoms with E-state index in [4.69, 9.17) is 21.1 Å². The quantitative estimate of drug-likeness (QED) is 0.407. The topological polar surface area (TPSA) is 71.3 Å². The Morgan fingerprint density at radius 2 is 1.80 bits per heavy atom. The van der Waals surface area contributed by atoms with E-state index in [9.17, 15) is 10.1 Å². The van der Waals surface area contributed by atoms with Gasteiger partial charge in [-0.1, -0.05) is 60.1 Å². The molecule has 3 aromatic carbocycles. The second kappa shape index (κ2) is 10.1. The van der Waals surface area contributed by atoms with Crippen molar-refractivity contribution in [2.75, 3.05) is 12.4 Å². The van der Waals surface area contributed by atoms with Crippen molar-refractivity contribution in [1.82, 2.24) is 0 Å². The maximum absolute atomic E-state index is 12.5. The van der Waals surface area contributed by atoms with Crippen LogP contribution in [-0.2, 0) is 11.4 Å². The van der Waals surface area contributed by atoms with Crippen LogP contribution in [0.15, 0.2) is 78.4 Å². The van der Waals surface area contributed by atoms with Gasteiger partial charge >= 0.3 is 0 Å². The first-order valence-electron chi connectivity index (χ1n) is 9.13. The van der Waals surface area contributed by atoms with E-state index in [1.807, 2.05) is 30.3 Å². The number of para-hydroxylation sites is 2. The number of ether oxygens (including phenoxy) is 2. The Labute approximate surface area is 180 Å². The Hall–Kier alpha value is -3.75. The molecule has 0 saturated heterocycles. The highest BCUT2D eigenvalue weighted by molar-refractivity contribution is 6.31. The number of anilines is 1. The number of hydrogen-bond donors (Lipinski definition) is 1. The monoisotopic (exact) mass is 418 g/mol. The number of carbonyl (C=O) groups excluding carboxylic acids is 1. The molecule has 0 aromatic heterocycles. The third kappa shape index (κ3) is 5.19. The number of methoxy groups -OCH3 is 1. The van der Waals surface area contributed by atoms with Gasteiger partial charge in [0.05, 0.1) is 7.11 Å². The molecule has 150 valence electrons. The summed E-state index contributed by atoms with van der Waals surface area (Å²) in [6.45, 7) is 0.207. The van der Waals surface area contributed by atoms with Gasteiger partial charge < -0.3 is 14.8 Å². The van der Waals surface area contributed by atoms with Crippen LogP contribution in [0.2, 0.25) is 5.02 Å². The molecular weight excluding hydrogens is 400 g/mol. The molecule has 1 N–H and O–H groups in total. The summed E-state index contributed by atoms with van der Waals surface area (Å²) in [4.78, 5) is 12.5. The van der Waals surface area contributed by atoms with Gasteiger partial charge in [-0.3, -0.25) is 4.79 Å². The van der Waals surface area contributed by atoms with Crippen molar-refractivity contribution in [3.8, 4) is 17.6 Å². The zero-order valence-corrected chi connectivity index (χ0v) is 17.0. The van der Waals surface area contributed by atoms with E-state index in [1.54, 1.807) is 48.5 Å². The molecule has 1 amide bonds. The van der Waals surface area contributed by atoms with E-state index >= 15 is 0 Å². The maximum atomic E-state index is 12.5. The number of nitrogens with one attached hydrogen (secondary N) is 1. The molecule has 3 aromatic rings. The zero-order valence-electron chi connectivity index (χ0n) is 16.3. The molecule has 0 bridgehead atoms. The van der Waals surface area contributed by atoms with Crippen LogP contribution in [0.4, 0.5) is 5.69 Å². The van der Waals surface area contributed by atoms with E-state index in [0.29, 0.717) is 27.8 Å². The normalized spacial score (nSPS) is 10.8. The molecule has 5 nitrogen and oxygen atoms in total. The van der Waals surface area contributed by atoms with Crippen molar-refractivity contribution in [3.63, 3.8) is 0 Å². The standard InChI is InChI=1S/C24H19ClN2O3/c1-29-22-13-7-9-17(23(22)30-16-18-8-5-6-12-21(18)25)14-19(15-26)24(28)27-20-10-3-2-4-11-20/h2-14H,16H2,1H3,(H,27,28)/b19-14+. The molecule has 0 aliphatic carbocycles. The number of rotatable bonds is 7. The maximum Gasteiger partial charge on any atom is 0.266 e. The number of amides is 1. The summed E-state index contributed by atoms with van der Waals surface area (Å²) in [5.41, 5.74) is 1.89. The molecule has 30 heavy (non-hydrogen) atoms. The molecule has 0 spiro atoms. The number of benzene rings is 3. The second-order valence-corrected chi connectivity index (χ2v) is 6.66. The molecule has 6 heteroatoms. The summed E-state index contributed by atoms with van der Waals surface area (Å²) >= 11 is 6.21. The van der Waals surface area contributed by atoms with Crippen molar-refractivity contribution in [3.05, 3.63) is 94.5 Å². The second-order valence-electron chi connectivity index (χ2n) is 6.25. The molecule has 0 radical (unpaired) electrons. The van der Waals surface area contributed by atoms with Crippen molar-refractivity contribution < 1.29 is 14.3 Å². The largest absolute Gasteiger partial charge is 0.493 e. The first-order chi connectivity index (χ1) is 14.6. The fourth-order valence-corrected chi connectivity index (χ4v) is 2.94. The van der Waals surface area contributed by atoms with Gasteiger partial charge in [-0.05, 0) is 30.3 Å². The molecule has 0 aliphatic rings. The number of nitriles is 1. The van der Waals surface area contributed by atoms with E-state index in [0.717, 1.165) is 5.56 Å². The molecule has 0 fully saturated rings. The Morgan fingerprint density at radius 1 is 1.07 bits per heavy atom. The predicted molar refractivity (Wildman–Crippen MR) is 117 cm³/mol. The summed E-state index contributed by atoms with van der Waals surface area (Å²) in [5, 5.41) is 12.8. The molecular formula is C24H19ClN2O3. The van der Waals surface area contributed by atoms with Crippen molar-refractivity contribution >= 4 is 29.3 Å². The van der Waals surface area contributed by atoms with Crippen molar-refractivity contribution in [1.29, 1.82) is 5.26 Å². The average Bonchev–Trinajstić information content (AvgIpc) is 2.77. The van der Waals surface area contributed by atoms with Gasteiger partial charge in [-0.25, -0.2) is 0 Å². The number of carbonyl (C=O) groups is 1. The molecule has 0 heterocycles. The summed E-state index contributed by atoms with van der Waals surface area (Å²) < 4.78 is 11.4. The smallest absolute Gasteiger partial charge is 0.266 e. The minimum atomic E-state index is -0.511. The van der Waals surface area contributed by atoms with Crippen LogP contribution in [0, 0.1) is 11.3 Å². The number of hydrogen-bond acceptors (Lipinski definition) is 4. The zero-order chi connectivity index (χ0) is 21.3. The van der Waals surface area contributed by atoms with Crippen molar-refractivity contribution in [2.45, 2.75) is 6.61 Å². The Balaban J connectivity index is 1.89. The highest BCUT2D eigenvalue weighted by atomic mass is 35.5. The van der Waals surface area contributed by atoms with E-state index in [1.165, 1.54) is 13.2 Å². The minimum absolute atomic E-state index is 0.0605. The summed E-state index contributed by atoms with van der Waals surface area (Å²) in [7, 11) is 1.53. The summed E-state index contributed by atoms with van der Waals surface area (Å²) in [6, 6.07) is 23.5. The van der Waals surface area contributed by atoms with Gasteiger partial charge in [0.2, 0.25) is 0 Å². The lowest BCUT2D eigenvalue weighted by atomic mass is 10.1. The first-order valence-corrected chi connectivity index (χ1v) is 9.51. The van der Waals surface area contributed by atoms with Crippen molar-refractivity contribution in [2.24, 2.45) is 0 Å². The van der Waals surface area contributed by atoms with E-state index in [2.05, 4.69) is 5.32 Å². The third-order valence-electron chi connectivity index (χ3n) is 4.26. The lowest BCUT2D eigenvalue weighted by Gasteiger charge is -2.14. The van der Waals surface area contributed by atoms with E-state index in [-0.39, 0.29) is 12.2 Å². The molecule has 0 saturated carbocycles. The average molecular weight is 419 g/mol. The minimum Gasteiger partial charge on any atom is -0.493 e.